The number of aliphatic hydroxyl groups excluding tert-OH is 1. The van der Waals surface area contributed by atoms with Crippen molar-refractivity contribution in [3.05, 3.63) is 55.7 Å². The smallest absolute Gasteiger partial charge is 0.341 e. The molecule has 2 aliphatic carbocycles. The third kappa shape index (κ3) is 3.72. The predicted octanol–water partition coefficient (Wildman–Crippen LogP) is -0.413. The zero-order valence-electron chi connectivity index (χ0n) is 17.0. The average molecular weight is 513 g/mol. The normalized spacial score (nSPS) is 28.4. The van der Waals surface area contributed by atoms with Crippen LogP contribution in [0.4, 0.5) is 8.78 Å². The van der Waals surface area contributed by atoms with Gasteiger partial charge in [0, 0.05) is 47.1 Å². The van der Waals surface area contributed by atoms with E-state index in [9.17, 15) is 24.2 Å². The Balaban J connectivity index is 2.02. The molecule has 1 aliphatic heterocycles. The molecule has 1 fully saturated rings. The van der Waals surface area contributed by atoms with Crippen molar-refractivity contribution in [3.8, 4) is 0 Å². The summed E-state index contributed by atoms with van der Waals surface area (Å²) >= 11 is 3.47. The quantitative estimate of drug-likeness (QED) is 0.430. The molecule has 4 atom stereocenters. The minimum Gasteiger partial charge on any atom is -0.477 e. The van der Waals surface area contributed by atoms with Crippen LogP contribution in [0.1, 0.15) is 29.2 Å². The first kappa shape index (κ1) is 22.8. The van der Waals surface area contributed by atoms with E-state index in [0.717, 1.165) is 18.3 Å². The third-order valence-corrected chi connectivity index (χ3v) is 7.09. The van der Waals surface area contributed by atoms with Crippen LogP contribution in [0.3, 0.4) is 0 Å². The molecule has 8 nitrogen and oxygen atoms in total. The summed E-state index contributed by atoms with van der Waals surface area (Å²) in [7, 11) is 0. The van der Waals surface area contributed by atoms with Crippen LogP contribution in [-0.4, -0.2) is 63.6 Å². The third-order valence-electron chi connectivity index (χ3n) is 6.24. The number of aliphatic hydroxyl groups is 1. The van der Waals surface area contributed by atoms with Crippen LogP contribution in [0.2, 0.25) is 0 Å². The van der Waals surface area contributed by atoms with Crippen molar-refractivity contribution in [1.82, 2.24) is 9.47 Å². The van der Waals surface area contributed by atoms with Crippen molar-refractivity contribution in [2.45, 2.75) is 37.1 Å². The van der Waals surface area contributed by atoms with Crippen LogP contribution < -0.4 is 27.5 Å². The van der Waals surface area contributed by atoms with Gasteiger partial charge in [-0.25, -0.2) is 13.6 Å². The monoisotopic (exact) mass is 512 g/mol. The molecule has 0 bridgehead atoms. The van der Waals surface area contributed by atoms with Crippen LogP contribution in [-0.2, 0) is 0 Å². The summed E-state index contributed by atoms with van der Waals surface area (Å²) in [6.07, 6.45) is 2.45. The number of allylic oxidation sites excluding steroid dienone is 3. The maximum absolute atomic E-state index is 15.3. The van der Waals surface area contributed by atoms with E-state index >= 15 is 4.39 Å². The van der Waals surface area contributed by atoms with E-state index in [2.05, 4.69) is 15.9 Å². The molecule has 0 radical (unpaired) electrons. The summed E-state index contributed by atoms with van der Waals surface area (Å²) in [6, 6.07) is -1.62. The van der Waals surface area contributed by atoms with Crippen molar-refractivity contribution in [2.24, 2.45) is 11.5 Å². The first-order chi connectivity index (χ1) is 15.1. The van der Waals surface area contributed by atoms with E-state index in [1.165, 1.54) is 4.57 Å². The Labute approximate surface area is 189 Å². The molecular weight excluding hydrogens is 490 g/mol. The van der Waals surface area contributed by atoms with Crippen molar-refractivity contribution < 1.29 is 23.8 Å². The van der Waals surface area contributed by atoms with Crippen LogP contribution in [0.5, 0.6) is 0 Å². The van der Waals surface area contributed by atoms with E-state index in [1.807, 2.05) is 4.90 Å². The molecule has 32 heavy (non-hydrogen) atoms. The second-order valence-electron chi connectivity index (χ2n) is 8.26. The van der Waals surface area contributed by atoms with Gasteiger partial charge in [0.2, 0.25) is 5.43 Å². The Morgan fingerprint density at radius 3 is 2.69 bits per heavy atom. The summed E-state index contributed by atoms with van der Waals surface area (Å²) in [5.74, 6) is -2.15. The molecule has 4 rings (SSSR count). The lowest BCUT2D eigenvalue weighted by Crippen LogP contribution is -2.56. The van der Waals surface area contributed by atoms with Gasteiger partial charge in [-0.05, 0) is 24.1 Å². The van der Waals surface area contributed by atoms with Crippen LogP contribution >= 0.6 is 15.9 Å². The number of pyridine rings is 1. The molecule has 0 saturated carbocycles. The van der Waals surface area contributed by atoms with Crippen LogP contribution in [0.25, 0.3) is 10.6 Å². The first-order valence-electron chi connectivity index (χ1n) is 10.1. The molecule has 11 heteroatoms. The maximum atomic E-state index is 15.3. The fourth-order valence-corrected chi connectivity index (χ4v) is 5.60. The maximum Gasteiger partial charge on any atom is 0.341 e. The number of aromatic nitrogens is 1. The number of rotatable bonds is 4. The Bertz CT molecular complexity index is 1230. The molecule has 3 aliphatic rings. The number of alkyl halides is 1. The summed E-state index contributed by atoms with van der Waals surface area (Å²) in [4.78, 5) is 26.5. The number of fused-ring (bicyclic) bond motifs is 1. The van der Waals surface area contributed by atoms with Crippen molar-refractivity contribution in [3.63, 3.8) is 0 Å². The SMILES string of the molecule is NC1=C(F)C=C(CO)C(n2cc(C(=O)O)c(=O)c3c2=C(Br)C(N2CCC(N)C2)C(F)C=3)C1. The summed E-state index contributed by atoms with van der Waals surface area (Å²) in [5, 5.41) is 19.6. The van der Waals surface area contributed by atoms with Gasteiger partial charge in [0.15, 0.2) is 0 Å². The molecule has 2 heterocycles. The first-order valence-corrected chi connectivity index (χ1v) is 10.9. The summed E-state index contributed by atoms with van der Waals surface area (Å²) < 4.78 is 31.2. The number of likely N-dealkylation sites (tertiary alicyclic amines) is 1. The summed E-state index contributed by atoms with van der Waals surface area (Å²) in [6.45, 7) is 0.521. The number of hydrogen-bond donors (Lipinski definition) is 4. The number of aromatic carboxylic acids is 1. The lowest BCUT2D eigenvalue weighted by Gasteiger charge is -2.33. The highest BCUT2D eigenvalue weighted by molar-refractivity contribution is 9.15. The van der Waals surface area contributed by atoms with E-state index in [-0.39, 0.29) is 34.3 Å². The molecule has 6 N–H and O–H groups in total. The number of carboxylic acid groups (broad SMARTS) is 1. The number of carboxylic acids is 1. The largest absolute Gasteiger partial charge is 0.477 e. The zero-order chi connectivity index (χ0) is 23.3. The van der Waals surface area contributed by atoms with Crippen LogP contribution in [0.15, 0.2) is 34.2 Å². The fourth-order valence-electron chi connectivity index (χ4n) is 4.64. The Kier molecular flexibility index (Phi) is 6.10. The van der Waals surface area contributed by atoms with Gasteiger partial charge in [-0.1, -0.05) is 15.9 Å². The number of nitrogens with two attached hydrogens (primary N) is 2. The van der Waals surface area contributed by atoms with E-state index in [0.29, 0.717) is 24.0 Å². The molecular formula is C21H23BrF2N4O4. The van der Waals surface area contributed by atoms with Crippen molar-refractivity contribution >= 4 is 32.5 Å². The van der Waals surface area contributed by atoms with Crippen molar-refractivity contribution in [2.75, 3.05) is 19.7 Å². The minimum absolute atomic E-state index is 0.0504. The summed E-state index contributed by atoms with van der Waals surface area (Å²) in [5.41, 5.74) is 10.6. The van der Waals surface area contributed by atoms with Gasteiger partial charge in [-0.15, -0.1) is 0 Å². The standard InChI is InChI=1S/C21H23BrF2N4O4/c22-17-18-11(4-14(24)19(17)27-2-1-10(25)6-27)20(30)12(21(31)32)7-28(18)16-5-15(26)13(23)3-9(16)8-29/h3-4,7,10,14,16,19,29H,1-2,5-6,8,25-26H2,(H,31,32). The van der Waals surface area contributed by atoms with E-state index in [4.69, 9.17) is 11.5 Å². The molecule has 1 aromatic heterocycles. The van der Waals surface area contributed by atoms with Gasteiger partial charge in [-0.3, -0.25) is 9.69 Å². The minimum atomic E-state index is -1.58. The molecule has 1 saturated heterocycles. The number of nitrogens with zero attached hydrogens (tertiary/aromatic N) is 2. The van der Waals surface area contributed by atoms with Gasteiger partial charge < -0.3 is 26.2 Å². The van der Waals surface area contributed by atoms with Gasteiger partial charge in [0.05, 0.1) is 24.0 Å². The van der Waals surface area contributed by atoms with Crippen LogP contribution in [0, 0.1) is 0 Å². The molecule has 172 valence electrons. The van der Waals surface area contributed by atoms with Gasteiger partial charge in [0.1, 0.15) is 17.6 Å². The Morgan fingerprint density at radius 2 is 2.09 bits per heavy atom. The van der Waals surface area contributed by atoms with E-state index < -0.39 is 47.7 Å². The highest BCUT2D eigenvalue weighted by atomic mass is 79.9. The number of halogens is 3. The van der Waals surface area contributed by atoms with E-state index in [1.54, 1.807) is 0 Å². The molecule has 0 amide bonds. The fraction of sp³-hybridized carbons (Fsp3) is 0.429. The van der Waals surface area contributed by atoms with Gasteiger partial charge in [-0.2, -0.15) is 0 Å². The Morgan fingerprint density at radius 1 is 1.38 bits per heavy atom. The number of carbonyl (C=O) groups is 1. The Hall–Kier alpha value is -2.34. The highest BCUT2D eigenvalue weighted by Crippen LogP contribution is 2.32. The molecule has 0 aromatic carbocycles. The lowest BCUT2D eigenvalue weighted by atomic mass is 9.94. The van der Waals surface area contributed by atoms with Gasteiger partial charge >= 0.3 is 5.97 Å². The average Bonchev–Trinajstić information content (AvgIpc) is 3.16. The molecule has 0 spiro atoms. The van der Waals surface area contributed by atoms with Gasteiger partial charge in [0.25, 0.3) is 0 Å². The zero-order valence-corrected chi connectivity index (χ0v) is 18.6. The topological polar surface area (TPSA) is 135 Å². The number of hydrogen-bond acceptors (Lipinski definition) is 6. The van der Waals surface area contributed by atoms with Crippen molar-refractivity contribution in [1.29, 1.82) is 0 Å². The predicted molar refractivity (Wildman–Crippen MR) is 118 cm³/mol. The molecule has 4 unspecified atom stereocenters. The highest BCUT2D eigenvalue weighted by Gasteiger charge is 2.37. The lowest BCUT2D eigenvalue weighted by molar-refractivity contribution is 0.0694. The second-order valence-corrected chi connectivity index (χ2v) is 9.12. The molecule has 1 aromatic rings. The second kappa shape index (κ2) is 8.54.